The summed E-state index contributed by atoms with van der Waals surface area (Å²) in [6.45, 7) is 1.46. The van der Waals surface area contributed by atoms with E-state index in [1.807, 2.05) is 0 Å². The second kappa shape index (κ2) is 6.30. The van der Waals surface area contributed by atoms with Gasteiger partial charge in [0.2, 0.25) is 0 Å². The van der Waals surface area contributed by atoms with Gasteiger partial charge in [-0.1, -0.05) is 17.7 Å². The van der Waals surface area contributed by atoms with Gasteiger partial charge in [0.05, 0.1) is 26.0 Å². The summed E-state index contributed by atoms with van der Waals surface area (Å²) in [6.07, 6.45) is 1.60. The third kappa shape index (κ3) is 3.26. The van der Waals surface area contributed by atoms with Gasteiger partial charge in [0.25, 0.3) is 15.7 Å². The van der Waals surface area contributed by atoms with E-state index < -0.39 is 14.9 Å². The van der Waals surface area contributed by atoms with Crippen LogP contribution >= 0.6 is 11.6 Å². The average molecular weight is 378 g/mol. The lowest BCUT2D eigenvalue weighted by Gasteiger charge is -2.11. The van der Waals surface area contributed by atoms with Crippen molar-refractivity contribution >= 4 is 43.9 Å². The molecule has 0 aliphatic carbocycles. The van der Waals surface area contributed by atoms with Gasteiger partial charge in [0.1, 0.15) is 0 Å². The van der Waals surface area contributed by atoms with E-state index in [4.69, 9.17) is 11.6 Å². The Labute approximate surface area is 148 Å². The molecule has 9 heteroatoms. The number of nitrogens with one attached hydrogen (secondary N) is 1. The van der Waals surface area contributed by atoms with Crippen molar-refractivity contribution in [1.29, 1.82) is 0 Å². The Morgan fingerprint density at radius 3 is 2.68 bits per heavy atom. The summed E-state index contributed by atoms with van der Waals surface area (Å²) in [5, 5.41) is 11.7. The predicted octanol–water partition coefficient (Wildman–Crippen LogP) is 3.91. The molecule has 25 heavy (non-hydrogen) atoms. The highest BCUT2D eigenvalue weighted by atomic mass is 35.5. The summed E-state index contributed by atoms with van der Waals surface area (Å²) in [4.78, 5) is 14.3. The van der Waals surface area contributed by atoms with E-state index in [9.17, 15) is 18.5 Å². The van der Waals surface area contributed by atoms with E-state index in [2.05, 4.69) is 9.71 Å². The van der Waals surface area contributed by atoms with Crippen molar-refractivity contribution in [1.82, 2.24) is 4.98 Å². The third-order valence-corrected chi connectivity index (χ3v) is 5.42. The summed E-state index contributed by atoms with van der Waals surface area (Å²) in [5.74, 6) is 0. The van der Waals surface area contributed by atoms with E-state index >= 15 is 0 Å². The minimum Gasteiger partial charge on any atom is -0.279 e. The van der Waals surface area contributed by atoms with Crippen molar-refractivity contribution in [3.05, 3.63) is 69.4 Å². The Balaban J connectivity index is 2.10. The van der Waals surface area contributed by atoms with Crippen LogP contribution in [0, 0.1) is 17.0 Å². The van der Waals surface area contributed by atoms with E-state index in [0.29, 0.717) is 16.6 Å². The molecule has 0 spiro atoms. The van der Waals surface area contributed by atoms with Gasteiger partial charge in [-0.2, -0.15) is 0 Å². The van der Waals surface area contributed by atoms with Gasteiger partial charge in [0, 0.05) is 23.2 Å². The number of nitro groups is 1. The molecule has 0 aliphatic rings. The summed E-state index contributed by atoms with van der Waals surface area (Å²) < 4.78 is 27.8. The van der Waals surface area contributed by atoms with Crippen LogP contribution in [0.1, 0.15) is 5.56 Å². The Hall–Kier alpha value is -2.71. The molecule has 7 nitrogen and oxygen atoms in total. The maximum Gasteiger partial charge on any atom is 0.275 e. The highest BCUT2D eigenvalue weighted by Gasteiger charge is 2.23. The first-order valence-electron chi connectivity index (χ1n) is 7.11. The zero-order valence-corrected chi connectivity index (χ0v) is 14.5. The molecular weight excluding hydrogens is 366 g/mol. The van der Waals surface area contributed by atoms with Gasteiger partial charge in [-0.25, -0.2) is 8.42 Å². The predicted molar refractivity (Wildman–Crippen MR) is 95.4 cm³/mol. The molecule has 1 N–H and O–H groups in total. The molecule has 0 bridgehead atoms. The van der Waals surface area contributed by atoms with Gasteiger partial charge in [0.15, 0.2) is 0 Å². The fourth-order valence-electron chi connectivity index (χ4n) is 2.38. The molecule has 0 unspecified atom stereocenters. The van der Waals surface area contributed by atoms with E-state index in [1.54, 1.807) is 36.5 Å². The van der Waals surface area contributed by atoms with Gasteiger partial charge in [-0.05, 0) is 37.3 Å². The zero-order chi connectivity index (χ0) is 18.2. The topological polar surface area (TPSA) is 102 Å². The number of rotatable bonds is 4. The van der Waals surface area contributed by atoms with Crippen molar-refractivity contribution in [2.75, 3.05) is 4.72 Å². The van der Waals surface area contributed by atoms with Gasteiger partial charge >= 0.3 is 0 Å². The summed E-state index contributed by atoms with van der Waals surface area (Å²) in [7, 11) is -4.07. The first kappa shape index (κ1) is 17.1. The van der Waals surface area contributed by atoms with Crippen LogP contribution in [0.2, 0.25) is 5.02 Å². The molecule has 3 rings (SSSR count). The molecule has 2 aromatic carbocycles. The SMILES string of the molecule is Cc1c(Cl)cc(S(=O)(=O)Nc2cccc3ncccc23)cc1[N+](=O)[O-]. The number of halogens is 1. The number of hydrogen-bond acceptors (Lipinski definition) is 5. The van der Waals surface area contributed by atoms with Crippen LogP contribution in [-0.2, 0) is 10.0 Å². The normalized spacial score (nSPS) is 11.4. The minimum absolute atomic E-state index is 0.00848. The Morgan fingerprint density at radius 2 is 1.96 bits per heavy atom. The molecule has 0 fully saturated rings. The van der Waals surface area contributed by atoms with E-state index in [-0.39, 0.29) is 21.2 Å². The van der Waals surface area contributed by atoms with Crippen molar-refractivity contribution in [2.24, 2.45) is 0 Å². The second-order valence-corrected chi connectivity index (χ2v) is 7.38. The maximum atomic E-state index is 12.7. The van der Waals surface area contributed by atoms with Gasteiger partial charge in [-0.15, -0.1) is 0 Å². The standard InChI is InChI=1S/C16H12ClN3O4S/c1-10-13(17)8-11(9-16(10)20(21)22)25(23,24)19-15-6-2-5-14-12(15)4-3-7-18-14/h2-9,19H,1H3. The van der Waals surface area contributed by atoms with Crippen molar-refractivity contribution in [3.63, 3.8) is 0 Å². The first-order valence-corrected chi connectivity index (χ1v) is 8.97. The molecular formula is C16H12ClN3O4S. The average Bonchev–Trinajstić information content (AvgIpc) is 2.57. The molecule has 3 aromatic rings. The number of hydrogen-bond donors (Lipinski definition) is 1. The quantitative estimate of drug-likeness (QED) is 0.548. The van der Waals surface area contributed by atoms with Crippen LogP contribution in [0.25, 0.3) is 10.9 Å². The number of benzene rings is 2. The molecule has 1 heterocycles. The number of anilines is 1. The lowest BCUT2D eigenvalue weighted by molar-refractivity contribution is -0.385. The lowest BCUT2D eigenvalue weighted by atomic mass is 10.2. The van der Waals surface area contributed by atoms with Crippen LogP contribution in [0.15, 0.2) is 53.6 Å². The van der Waals surface area contributed by atoms with E-state index in [0.717, 1.165) is 6.07 Å². The largest absolute Gasteiger partial charge is 0.279 e. The second-order valence-electron chi connectivity index (χ2n) is 5.29. The highest BCUT2D eigenvalue weighted by molar-refractivity contribution is 7.92. The minimum atomic E-state index is -4.07. The smallest absolute Gasteiger partial charge is 0.275 e. The Morgan fingerprint density at radius 1 is 1.20 bits per heavy atom. The molecule has 0 aliphatic heterocycles. The van der Waals surface area contributed by atoms with Crippen molar-refractivity contribution < 1.29 is 13.3 Å². The number of nitro benzene ring substituents is 1. The van der Waals surface area contributed by atoms with Crippen LogP contribution in [0.3, 0.4) is 0 Å². The van der Waals surface area contributed by atoms with Gasteiger partial charge < -0.3 is 0 Å². The third-order valence-electron chi connectivity index (χ3n) is 3.69. The van der Waals surface area contributed by atoms with Crippen molar-refractivity contribution in [3.8, 4) is 0 Å². The molecule has 0 amide bonds. The molecule has 0 atom stereocenters. The van der Waals surface area contributed by atoms with Crippen LogP contribution in [0.4, 0.5) is 11.4 Å². The summed E-state index contributed by atoms with van der Waals surface area (Å²) in [5.41, 5.74) is 0.799. The first-order chi connectivity index (χ1) is 11.8. The van der Waals surface area contributed by atoms with E-state index in [1.165, 1.54) is 13.0 Å². The zero-order valence-electron chi connectivity index (χ0n) is 12.9. The lowest BCUT2D eigenvalue weighted by Crippen LogP contribution is -2.14. The molecule has 128 valence electrons. The van der Waals surface area contributed by atoms with Crippen LogP contribution in [-0.4, -0.2) is 18.3 Å². The Bertz CT molecular complexity index is 1090. The van der Waals surface area contributed by atoms with Crippen molar-refractivity contribution in [2.45, 2.75) is 11.8 Å². The number of aromatic nitrogens is 1. The van der Waals surface area contributed by atoms with Gasteiger partial charge in [-0.3, -0.25) is 19.8 Å². The monoisotopic (exact) mass is 377 g/mol. The number of nitrogens with zero attached hydrogens (tertiary/aromatic N) is 2. The number of pyridine rings is 1. The Kier molecular flexibility index (Phi) is 4.32. The molecule has 0 saturated carbocycles. The fraction of sp³-hybridized carbons (Fsp3) is 0.0625. The molecule has 0 radical (unpaired) electrons. The molecule has 1 aromatic heterocycles. The highest BCUT2D eigenvalue weighted by Crippen LogP contribution is 2.31. The van der Waals surface area contributed by atoms with Crippen LogP contribution in [0.5, 0.6) is 0 Å². The van der Waals surface area contributed by atoms with Crippen LogP contribution < -0.4 is 4.72 Å². The number of sulfonamides is 1. The number of fused-ring (bicyclic) bond motifs is 1. The molecule has 0 saturated heterocycles. The maximum absolute atomic E-state index is 12.7. The summed E-state index contributed by atoms with van der Waals surface area (Å²) in [6, 6.07) is 10.6. The fourth-order valence-corrected chi connectivity index (χ4v) is 3.79. The summed E-state index contributed by atoms with van der Waals surface area (Å²) >= 11 is 5.96.